The fourth-order valence-corrected chi connectivity index (χ4v) is 4.88. The van der Waals surface area contributed by atoms with Gasteiger partial charge in [-0.2, -0.15) is 11.8 Å². The molecule has 0 unspecified atom stereocenters. The van der Waals surface area contributed by atoms with Crippen LogP contribution in [0.3, 0.4) is 0 Å². The molecule has 1 aliphatic rings. The molecule has 2 N–H and O–H groups in total. The number of ether oxygens (including phenoxy) is 1. The summed E-state index contributed by atoms with van der Waals surface area (Å²) in [7, 11) is -3.22. The Morgan fingerprint density at radius 3 is 2.65 bits per heavy atom. The van der Waals surface area contributed by atoms with Gasteiger partial charge < -0.3 is 15.4 Å². The van der Waals surface area contributed by atoms with E-state index in [1.807, 2.05) is 37.3 Å². The lowest BCUT2D eigenvalue weighted by molar-refractivity contribution is 0.322. The summed E-state index contributed by atoms with van der Waals surface area (Å²) < 4.78 is 31.9. The average Bonchev–Trinajstić information content (AvgIpc) is 2.66. The highest BCUT2D eigenvalue weighted by molar-refractivity contribution is 7.99. The minimum Gasteiger partial charge on any atom is -0.492 e. The second-order valence-electron chi connectivity index (χ2n) is 5.68. The number of para-hydroxylation sites is 1. The Balaban J connectivity index is 1.74. The zero-order valence-corrected chi connectivity index (χ0v) is 16.8. The molecule has 9 heteroatoms. The molecular weight excluding hydrogens is 372 g/mol. The van der Waals surface area contributed by atoms with E-state index >= 15 is 0 Å². The normalized spacial score (nSPS) is 16.3. The van der Waals surface area contributed by atoms with Gasteiger partial charge in [0.05, 0.1) is 18.8 Å². The summed E-state index contributed by atoms with van der Waals surface area (Å²) in [6.07, 6.45) is 0. The first-order valence-electron chi connectivity index (χ1n) is 8.87. The standard InChI is InChI=1S/C17H28N4O3S2/c1-2-18-17(19-8-12-24-16-6-4-3-5-7-16)20-9-15-26(22,23)21-10-13-25-14-11-21/h3-7H,2,8-15H2,1H3,(H2,18,19,20). The first-order chi connectivity index (χ1) is 12.6. The summed E-state index contributed by atoms with van der Waals surface area (Å²) in [4.78, 5) is 4.37. The molecule has 1 saturated heterocycles. The second kappa shape index (κ2) is 11.3. The minimum absolute atomic E-state index is 0.0365. The predicted molar refractivity (Wildman–Crippen MR) is 109 cm³/mol. The Morgan fingerprint density at radius 2 is 1.96 bits per heavy atom. The number of sulfonamides is 1. The molecule has 146 valence electrons. The van der Waals surface area contributed by atoms with Gasteiger partial charge in [0.25, 0.3) is 0 Å². The van der Waals surface area contributed by atoms with E-state index in [2.05, 4.69) is 15.6 Å². The van der Waals surface area contributed by atoms with Crippen molar-refractivity contribution in [2.24, 2.45) is 4.99 Å². The first kappa shape index (κ1) is 20.9. The topological polar surface area (TPSA) is 83.0 Å². The van der Waals surface area contributed by atoms with Crippen molar-refractivity contribution in [2.75, 3.05) is 56.6 Å². The Bertz CT molecular complexity index is 647. The zero-order valence-electron chi connectivity index (χ0n) is 15.2. The molecule has 1 aromatic rings. The maximum absolute atomic E-state index is 12.3. The van der Waals surface area contributed by atoms with E-state index in [1.165, 1.54) is 0 Å². The monoisotopic (exact) mass is 400 g/mol. The van der Waals surface area contributed by atoms with E-state index in [0.29, 0.717) is 38.7 Å². The van der Waals surface area contributed by atoms with Crippen molar-refractivity contribution in [3.63, 3.8) is 0 Å². The highest BCUT2D eigenvalue weighted by atomic mass is 32.2. The number of benzene rings is 1. The lowest BCUT2D eigenvalue weighted by Crippen LogP contribution is -2.41. The Labute approximate surface area is 160 Å². The van der Waals surface area contributed by atoms with Gasteiger partial charge in [-0.15, -0.1) is 0 Å². The maximum atomic E-state index is 12.3. The van der Waals surface area contributed by atoms with Gasteiger partial charge in [-0.1, -0.05) is 18.2 Å². The van der Waals surface area contributed by atoms with E-state index in [9.17, 15) is 8.42 Å². The van der Waals surface area contributed by atoms with Gasteiger partial charge in [0.1, 0.15) is 12.4 Å². The molecule has 0 saturated carbocycles. The summed E-state index contributed by atoms with van der Waals surface area (Å²) >= 11 is 1.79. The van der Waals surface area contributed by atoms with Crippen LogP contribution in [0.1, 0.15) is 6.92 Å². The maximum Gasteiger partial charge on any atom is 0.215 e. The smallest absolute Gasteiger partial charge is 0.215 e. The molecule has 0 atom stereocenters. The van der Waals surface area contributed by atoms with Gasteiger partial charge in [0, 0.05) is 31.1 Å². The molecule has 1 fully saturated rings. The van der Waals surface area contributed by atoms with Gasteiger partial charge in [0.15, 0.2) is 5.96 Å². The van der Waals surface area contributed by atoms with Crippen molar-refractivity contribution >= 4 is 27.7 Å². The molecule has 1 heterocycles. The molecule has 1 aromatic carbocycles. The van der Waals surface area contributed by atoms with Crippen molar-refractivity contribution in [1.82, 2.24) is 14.9 Å². The SMILES string of the molecule is CCNC(=NCCS(=O)(=O)N1CCSCC1)NCCOc1ccccc1. The van der Waals surface area contributed by atoms with Crippen LogP contribution in [0.15, 0.2) is 35.3 Å². The fraction of sp³-hybridized carbons (Fsp3) is 0.588. The van der Waals surface area contributed by atoms with Crippen LogP contribution in [0.4, 0.5) is 0 Å². The van der Waals surface area contributed by atoms with Gasteiger partial charge in [-0.3, -0.25) is 4.99 Å². The highest BCUT2D eigenvalue weighted by Gasteiger charge is 2.23. The third kappa shape index (κ3) is 7.43. The van der Waals surface area contributed by atoms with E-state index in [1.54, 1.807) is 16.1 Å². The number of nitrogens with zero attached hydrogens (tertiary/aromatic N) is 2. The van der Waals surface area contributed by atoms with Crippen LogP contribution >= 0.6 is 11.8 Å². The molecule has 0 radical (unpaired) electrons. The van der Waals surface area contributed by atoms with Crippen molar-refractivity contribution in [1.29, 1.82) is 0 Å². The van der Waals surface area contributed by atoms with Crippen LogP contribution in [-0.4, -0.2) is 75.3 Å². The summed E-state index contributed by atoms with van der Waals surface area (Å²) in [5, 5.41) is 6.28. The highest BCUT2D eigenvalue weighted by Crippen LogP contribution is 2.13. The quantitative estimate of drug-likeness (QED) is 0.366. The lowest BCUT2D eigenvalue weighted by atomic mass is 10.3. The molecule has 0 aromatic heterocycles. The molecule has 7 nitrogen and oxygen atoms in total. The molecule has 1 aliphatic heterocycles. The number of nitrogens with one attached hydrogen (secondary N) is 2. The van der Waals surface area contributed by atoms with E-state index in [4.69, 9.17) is 4.74 Å². The average molecular weight is 401 g/mol. The first-order valence-corrected chi connectivity index (χ1v) is 11.6. The fourth-order valence-electron chi connectivity index (χ4n) is 2.42. The Kier molecular flexibility index (Phi) is 9.07. The van der Waals surface area contributed by atoms with E-state index < -0.39 is 10.0 Å². The van der Waals surface area contributed by atoms with Crippen LogP contribution < -0.4 is 15.4 Å². The lowest BCUT2D eigenvalue weighted by Gasteiger charge is -2.25. The number of rotatable bonds is 9. The molecule has 0 spiro atoms. The van der Waals surface area contributed by atoms with Gasteiger partial charge in [-0.25, -0.2) is 12.7 Å². The van der Waals surface area contributed by atoms with Crippen molar-refractivity contribution < 1.29 is 13.2 Å². The third-order valence-electron chi connectivity index (χ3n) is 3.73. The largest absolute Gasteiger partial charge is 0.492 e. The number of guanidine groups is 1. The summed E-state index contributed by atoms with van der Waals surface area (Å²) in [5.41, 5.74) is 0. The molecule has 0 aliphatic carbocycles. The van der Waals surface area contributed by atoms with Crippen molar-refractivity contribution in [3.8, 4) is 5.75 Å². The van der Waals surface area contributed by atoms with Crippen LogP contribution in [0.2, 0.25) is 0 Å². The number of hydrogen-bond donors (Lipinski definition) is 2. The summed E-state index contributed by atoms with van der Waals surface area (Å²) in [6, 6.07) is 9.61. The molecule has 0 amide bonds. The van der Waals surface area contributed by atoms with Crippen molar-refractivity contribution in [2.45, 2.75) is 6.92 Å². The van der Waals surface area contributed by atoms with Crippen molar-refractivity contribution in [3.05, 3.63) is 30.3 Å². The molecule has 0 bridgehead atoms. The number of thioether (sulfide) groups is 1. The zero-order chi connectivity index (χ0) is 18.7. The summed E-state index contributed by atoms with van der Waals surface area (Å²) in [5.74, 6) is 3.20. The Hall–Kier alpha value is -1.45. The van der Waals surface area contributed by atoms with Crippen LogP contribution in [0.5, 0.6) is 5.75 Å². The molecule has 2 rings (SSSR count). The molecule has 26 heavy (non-hydrogen) atoms. The van der Waals surface area contributed by atoms with Crippen LogP contribution in [-0.2, 0) is 10.0 Å². The van der Waals surface area contributed by atoms with E-state index in [-0.39, 0.29) is 12.3 Å². The van der Waals surface area contributed by atoms with Gasteiger partial charge >= 0.3 is 0 Å². The van der Waals surface area contributed by atoms with Gasteiger partial charge in [-0.05, 0) is 19.1 Å². The third-order valence-corrected chi connectivity index (χ3v) is 6.53. The van der Waals surface area contributed by atoms with Crippen LogP contribution in [0.25, 0.3) is 0 Å². The van der Waals surface area contributed by atoms with Crippen LogP contribution in [0, 0.1) is 0 Å². The molecular formula is C17H28N4O3S2. The minimum atomic E-state index is -3.22. The number of aliphatic imine (C=N–C) groups is 1. The predicted octanol–water partition coefficient (Wildman–Crippen LogP) is 0.999. The Morgan fingerprint density at radius 1 is 1.23 bits per heavy atom. The van der Waals surface area contributed by atoms with Gasteiger partial charge in [0.2, 0.25) is 10.0 Å². The second-order valence-corrected chi connectivity index (χ2v) is 8.99. The summed E-state index contributed by atoms with van der Waals surface area (Å²) in [6.45, 7) is 5.20. The van der Waals surface area contributed by atoms with E-state index in [0.717, 1.165) is 17.3 Å². The number of hydrogen-bond acceptors (Lipinski definition) is 5.